The molecule has 1 aromatic carbocycles. The molecule has 166 valence electrons. The zero-order valence-electron chi connectivity index (χ0n) is 18.5. The molecule has 0 saturated carbocycles. The van der Waals surface area contributed by atoms with Crippen LogP contribution in [0.15, 0.2) is 64.6 Å². The van der Waals surface area contributed by atoms with Crippen molar-refractivity contribution in [3.63, 3.8) is 0 Å². The molecule has 2 amide bonds. The van der Waals surface area contributed by atoms with Crippen molar-refractivity contribution in [1.82, 2.24) is 20.2 Å². The molecule has 32 heavy (non-hydrogen) atoms. The summed E-state index contributed by atoms with van der Waals surface area (Å²) in [6.45, 7) is 2.32. The first-order chi connectivity index (χ1) is 15.4. The van der Waals surface area contributed by atoms with Crippen LogP contribution in [0.2, 0.25) is 0 Å². The van der Waals surface area contributed by atoms with Gasteiger partial charge in [0.15, 0.2) is 0 Å². The summed E-state index contributed by atoms with van der Waals surface area (Å²) in [7, 11) is 4.87. The minimum Gasteiger partial charge on any atom is -0.497 e. The Labute approximate surface area is 186 Å². The highest BCUT2D eigenvalue weighted by atomic mass is 16.5. The molecule has 0 bridgehead atoms. The van der Waals surface area contributed by atoms with Gasteiger partial charge in [0.1, 0.15) is 5.75 Å². The van der Waals surface area contributed by atoms with Gasteiger partial charge in [0.05, 0.1) is 18.5 Å². The van der Waals surface area contributed by atoms with E-state index in [2.05, 4.69) is 25.9 Å². The highest BCUT2D eigenvalue weighted by Gasteiger charge is 2.13. The highest BCUT2D eigenvalue weighted by Crippen LogP contribution is 2.33. The summed E-state index contributed by atoms with van der Waals surface area (Å²) >= 11 is 0. The molecule has 0 aliphatic heterocycles. The number of amides is 2. The first kappa shape index (κ1) is 22.5. The number of pyridine rings is 2. The molecule has 0 aliphatic rings. The number of rotatable bonds is 5. The Morgan fingerprint density at radius 1 is 1.16 bits per heavy atom. The molecule has 0 aliphatic carbocycles. The molecular weight excluding hydrogens is 408 g/mol. The predicted molar refractivity (Wildman–Crippen MR) is 126 cm³/mol. The van der Waals surface area contributed by atoms with Gasteiger partial charge < -0.3 is 19.9 Å². The van der Waals surface area contributed by atoms with Gasteiger partial charge in [0.2, 0.25) is 5.96 Å². The maximum atomic E-state index is 12.1. The number of nitrogens with one attached hydrogen (secondary N) is 3. The maximum Gasteiger partial charge on any atom is 0.321 e. The smallest absolute Gasteiger partial charge is 0.321 e. The van der Waals surface area contributed by atoms with Gasteiger partial charge in [-0.25, -0.2) is 4.79 Å². The number of benzene rings is 1. The number of aromatic nitrogens is 2. The molecule has 0 spiro atoms. The summed E-state index contributed by atoms with van der Waals surface area (Å²) in [6.07, 6.45) is 3.38. The quantitative estimate of drug-likeness (QED) is 0.423. The summed E-state index contributed by atoms with van der Waals surface area (Å²) in [5, 5.41) is 8.50. The summed E-state index contributed by atoms with van der Waals surface area (Å²) < 4.78 is 6.86. The fourth-order valence-corrected chi connectivity index (χ4v) is 3.04. The Bertz CT molecular complexity index is 1200. The molecule has 3 aromatic rings. The number of anilines is 1. The fraction of sp³-hybridized carbons (Fsp3) is 0.217. The number of hydrogen-bond donors (Lipinski definition) is 3. The third kappa shape index (κ3) is 5.31. The van der Waals surface area contributed by atoms with Gasteiger partial charge in [-0.2, -0.15) is 0 Å². The summed E-state index contributed by atoms with van der Waals surface area (Å²) in [5.74, 6) is 0.936. The van der Waals surface area contributed by atoms with Crippen LogP contribution in [-0.4, -0.2) is 42.2 Å². The van der Waals surface area contributed by atoms with E-state index in [1.165, 1.54) is 4.57 Å². The zero-order chi connectivity index (χ0) is 23.1. The average molecular weight is 435 g/mol. The lowest BCUT2D eigenvalue weighted by Gasteiger charge is -2.16. The van der Waals surface area contributed by atoms with Crippen molar-refractivity contribution >= 4 is 17.7 Å². The van der Waals surface area contributed by atoms with Crippen molar-refractivity contribution in [3.05, 3.63) is 65.2 Å². The second-order valence-electron chi connectivity index (χ2n) is 6.89. The molecule has 3 rings (SSSR count). The first-order valence-corrected chi connectivity index (χ1v) is 10.0. The Morgan fingerprint density at radius 2 is 1.94 bits per heavy atom. The largest absolute Gasteiger partial charge is 0.497 e. The van der Waals surface area contributed by atoms with Crippen LogP contribution < -0.4 is 26.2 Å². The third-order valence-electron chi connectivity index (χ3n) is 4.75. The minimum atomic E-state index is -0.363. The molecule has 0 atom stereocenters. The van der Waals surface area contributed by atoms with Gasteiger partial charge >= 0.3 is 6.03 Å². The minimum absolute atomic E-state index is 0.0997. The van der Waals surface area contributed by atoms with Crippen molar-refractivity contribution in [1.29, 1.82) is 0 Å². The number of aliphatic imine (C=N–C) groups is 1. The van der Waals surface area contributed by atoms with Gasteiger partial charge in [-0.1, -0.05) is 6.07 Å². The molecule has 0 radical (unpaired) electrons. The van der Waals surface area contributed by atoms with Crippen LogP contribution in [0.25, 0.3) is 22.4 Å². The monoisotopic (exact) mass is 434 g/mol. The van der Waals surface area contributed by atoms with Gasteiger partial charge in [-0.3, -0.25) is 20.1 Å². The van der Waals surface area contributed by atoms with Crippen molar-refractivity contribution in [2.45, 2.75) is 6.92 Å². The Balaban J connectivity index is 2.06. The zero-order valence-corrected chi connectivity index (χ0v) is 18.5. The number of methoxy groups -OCH3 is 1. The van der Waals surface area contributed by atoms with E-state index in [-0.39, 0.29) is 17.5 Å². The second kappa shape index (κ2) is 10.3. The number of carbonyl (C=O) groups excluding carboxylic acids is 1. The number of guanidine groups is 1. The van der Waals surface area contributed by atoms with Crippen molar-refractivity contribution in [2.24, 2.45) is 12.0 Å². The number of hydrogen-bond acceptors (Lipinski definition) is 5. The molecule has 0 fully saturated rings. The average Bonchev–Trinajstić information content (AvgIpc) is 2.80. The lowest BCUT2D eigenvalue weighted by atomic mass is 10.00. The number of aryl methyl sites for hydroxylation is 1. The molecule has 9 heteroatoms. The Hall–Kier alpha value is -4.14. The molecule has 2 heterocycles. The van der Waals surface area contributed by atoms with Crippen LogP contribution in [0.4, 0.5) is 10.5 Å². The lowest BCUT2D eigenvalue weighted by molar-refractivity contribution is 0.246. The van der Waals surface area contributed by atoms with E-state index in [0.717, 1.165) is 16.7 Å². The molecule has 0 saturated heterocycles. The van der Waals surface area contributed by atoms with Gasteiger partial charge in [-0.05, 0) is 42.3 Å². The van der Waals surface area contributed by atoms with E-state index in [1.54, 1.807) is 45.7 Å². The van der Waals surface area contributed by atoms with Crippen molar-refractivity contribution in [3.8, 4) is 28.1 Å². The Kier molecular flexibility index (Phi) is 7.22. The number of carbonyl (C=O) groups is 1. The second-order valence-corrected chi connectivity index (χ2v) is 6.89. The number of urea groups is 1. The van der Waals surface area contributed by atoms with Gasteiger partial charge in [-0.15, -0.1) is 0 Å². The van der Waals surface area contributed by atoms with Gasteiger partial charge in [0.25, 0.3) is 5.56 Å². The molecular formula is C23H26N6O3. The van der Waals surface area contributed by atoms with E-state index in [1.807, 2.05) is 37.3 Å². The number of ether oxygens (including phenoxy) is 1. The van der Waals surface area contributed by atoms with Crippen LogP contribution in [0.3, 0.4) is 0 Å². The van der Waals surface area contributed by atoms with Crippen LogP contribution in [-0.2, 0) is 7.05 Å². The SMILES string of the molecule is CCNC(=O)NC(=NC)Nc1ccc(-c2ccn(C)c(=O)c2)cc1-c1cc(OC)ccn1. The maximum absolute atomic E-state index is 12.1. The van der Waals surface area contributed by atoms with E-state index >= 15 is 0 Å². The number of nitrogens with zero attached hydrogens (tertiary/aromatic N) is 3. The molecule has 3 N–H and O–H groups in total. The molecule has 0 unspecified atom stereocenters. The normalized spacial score (nSPS) is 11.1. The van der Waals surface area contributed by atoms with Crippen LogP contribution in [0.1, 0.15) is 6.92 Å². The topological polar surface area (TPSA) is 110 Å². The summed E-state index contributed by atoms with van der Waals surface area (Å²) in [5.41, 5.74) is 3.62. The first-order valence-electron chi connectivity index (χ1n) is 10.0. The summed E-state index contributed by atoms with van der Waals surface area (Å²) in [6, 6.07) is 12.3. The van der Waals surface area contributed by atoms with Crippen LogP contribution >= 0.6 is 0 Å². The Morgan fingerprint density at radius 3 is 2.62 bits per heavy atom. The lowest BCUT2D eigenvalue weighted by Crippen LogP contribution is -2.42. The predicted octanol–water partition coefficient (Wildman–Crippen LogP) is 2.84. The van der Waals surface area contributed by atoms with Crippen LogP contribution in [0, 0.1) is 0 Å². The molecule has 2 aromatic heterocycles. The van der Waals surface area contributed by atoms with Crippen molar-refractivity contribution < 1.29 is 9.53 Å². The fourth-order valence-electron chi connectivity index (χ4n) is 3.04. The highest BCUT2D eigenvalue weighted by molar-refractivity contribution is 6.05. The molecule has 9 nitrogen and oxygen atoms in total. The summed E-state index contributed by atoms with van der Waals surface area (Å²) in [4.78, 5) is 32.7. The van der Waals surface area contributed by atoms with Crippen molar-refractivity contribution in [2.75, 3.05) is 26.0 Å². The van der Waals surface area contributed by atoms with Crippen LogP contribution in [0.5, 0.6) is 5.75 Å². The van der Waals surface area contributed by atoms with E-state index < -0.39 is 0 Å². The van der Waals surface area contributed by atoms with Gasteiger partial charge in [0, 0.05) is 50.7 Å². The van der Waals surface area contributed by atoms with E-state index in [9.17, 15) is 9.59 Å². The van der Waals surface area contributed by atoms with E-state index in [4.69, 9.17) is 4.74 Å². The standard InChI is InChI=1S/C23H26N6O3/c1-5-25-23(31)28-22(24-2)27-19-7-6-15(16-9-11-29(3)21(30)13-16)12-18(19)20-14-17(32-4)8-10-26-20/h6-14H,5H2,1-4H3,(H3,24,25,27,28,31). The third-order valence-corrected chi connectivity index (χ3v) is 4.75. The van der Waals surface area contributed by atoms with E-state index in [0.29, 0.717) is 23.7 Å².